The summed E-state index contributed by atoms with van der Waals surface area (Å²) in [5, 5.41) is 13.3. The van der Waals surface area contributed by atoms with E-state index in [-0.39, 0.29) is 0 Å². The third-order valence-corrected chi connectivity index (χ3v) is 4.31. The van der Waals surface area contributed by atoms with E-state index in [0.29, 0.717) is 17.7 Å². The molecule has 3 rings (SSSR count). The van der Waals surface area contributed by atoms with Gasteiger partial charge in [0.15, 0.2) is 0 Å². The number of rotatable bonds is 3. The maximum absolute atomic E-state index is 9.69. The Morgan fingerprint density at radius 3 is 2.40 bits per heavy atom. The molecule has 2 aromatic carbocycles. The zero-order chi connectivity index (χ0) is 14.1. The molecular weight excluding hydrogens is 246 g/mol. The Balaban J connectivity index is 1.63. The molecule has 0 radical (unpaired) electrons. The zero-order valence-electron chi connectivity index (χ0n) is 12.1. The molecule has 1 fully saturated rings. The van der Waals surface area contributed by atoms with Crippen molar-refractivity contribution in [1.82, 2.24) is 0 Å². The topological polar surface area (TPSA) is 32.3 Å². The molecule has 2 nitrogen and oxygen atoms in total. The molecule has 1 saturated carbocycles. The van der Waals surface area contributed by atoms with Gasteiger partial charge in [-0.3, -0.25) is 0 Å². The lowest BCUT2D eigenvalue weighted by Crippen LogP contribution is -2.34. The van der Waals surface area contributed by atoms with E-state index in [0.717, 1.165) is 16.8 Å². The van der Waals surface area contributed by atoms with Crippen LogP contribution in [0, 0.1) is 13.8 Å². The lowest BCUT2D eigenvalue weighted by atomic mass is 9.76. The number of anilines is 1. The fourth-order valence-electron chi connectivity index (χ4n) is 2.91. The van der Waals surface area contributed by atoms with Crippen LogP contribution in [0.5, 0.6) is 5.75 Å². The Morgan fingerprint density at radius 1 is 1.00 bits per heavy atom. The van der Waals surface area contributed by atoms with Crippen LogP contribution in [0.1, 0.15) is 35.4 Å². The van der Waals surface area contributed by atoms with Crippen molar-refractivity contribution in [3.63, 3.8) is 0 Å². The van der Waals surface area contributed by atoms with Crippen LogP contribution >= 0.6 is 0 Å². The molecule has 0 atom stereocenters. The average Bonchev–Trinajstić information content (AvgIpc) is 2.40. The molecule has 1 aliphatic rings. The Hall–Kier alpha value is -1.96. The van der Waals surface area contributed by atoms with E-state index in [4.69, 9.17) is 0 Å². The van der Waals surface area contributed by atoms with Crippen molar-refractivity contribution in [2.45, 2.75) is 38.6 Å². The summed E-state index contributed by atoms with van der Waals surface area (Å²) in [6, 6.07) is 15.2. The zero-order valence-corrected chi connectivity index (χ0v) is 12.1. The molecule has 0 unspecified atom stereocenters. The second-order valence-electron chi connectivity index (χ2n) is 5.87. The first-order valence-electron chi connectivity index (χ1n) is 7.25. The van der Waals surface area contributed by atoms with E-state index in [1.807, 2.05) is 26.0 Å². The van der Waals surface area contributed by atoms with Gasteiger partial charge in [0.05, 0.1) is 0 Å². The van der Waals surface area contributed by atoms with Gasteiger partial charge in [-0.05, 0) is 61.4 Å². The van der Waals surface area contributed by atoms with Crippen LogP contribution in [0.2, 0.25) is 0 Å². The summed E-state index contributed by atoms with van der Waals surface area (Å²) in [7, 11) is 0. The van der Waals surface area contributed by atoms with E-state index in [9.17, 15) is 5.11 Å². The highest BCUT2D eigenvalue weighted by Gasteiger charge is 2.30. The molecule has 2 aromatic rings. The van der Waals surface area contributed by atoms with Gasteiger partial charge in [0.2, 0.25) is 0 Å². The largest absolute Gasteiger partial charge is 0.508 e. The molecule has 1 aliphatic carbocycles. The van der Waals surface area contributed by atoms with Crippen LogP contribution in [-0.2, 0) is 0 Å². The summed E-state index contributed by atoms with van der Waals surface area (Å²) in [5.74, 6) is 1.07. The van der Waals surface area contributed by atoms with Gasteiger partial charge >= 0.3 is 0 Å². The standard InChI is InChI=1S/C18H21NO/c1-12-9-18(20)13(2)8-17(12)19-16-10-15(11-16)14-6-4-3-5-7-14/h3-9,15-16,19-20H,10-11H2,1-2H3. The molecule has 0 spiro atoms. The summed E-state index contributed by atoms with van der Waals surface area (Å²) in [6.07, 6.45) is 2.37. The van der Waals surface area contributed by atoms with E-state index < -0.39 is 0 Å². The van der Waals surface area contributed by atoms with Gasteiger partial charge in [-0.25, -0.2) is 0 Å². The first-order chi connectivity index (χ1) is 9.63. The number of hydrogen-bond donors (Lipinski definition) is 2. The number of aromatic hydroxyl groups is 1. The van der Waals surface area contributed by atoms with Crippen molar-refractivity contribution < 1.29 is 5.11 Å². The molecule has 0 amide bonds. The monoisotopic (exact) mass is 267 g/mol. The van der Waals surface area contributed by atoms with Crippen molar-refractivity contribution in [2.75, 3.05) is 5.32 Å². The number of hydrogen-bond acceptors (Lipinski definition) is 2. The summed E-state index contributed by atoms with van der Waals surface area (Å²) in [4.78, 5) is 0. The molecule has 0 aliphatic heterocycles. The second-order valence-corrected chi connectivity index (χ2v) is 5.87. The Morgan fingerprint density at radius 2 is 1.70 bits per heavy atom. The van der Waals surface area contributed by atoms with Crippen molar-refractivity contribution in [1.29, 1.82) is 0 Å². The molecule has 0 bridgehead atoms. The number of phenols is 1. The predicted molar refractivity (Wildman–Crippen MR) is 83.4 cm³/mol. The van der Waals surface area contributed by atoms with Gasteiger partial charge in [0, 0.05) is 11.7 Å². The molecule has 2 N–H and O–H groups in total. The minimum absolute atomic E-state index is 0.379. The van der Waals surface area contributed by atoms with Crippen LogP contribution in [-0.4, -0.2) is 11.1 Å². The number of phenolic OH excluding ortho intramolecular Hbond substituents is 1. The number of aryl methyl sites for hydroxylation is 2. The number of benzene rings is 2. The number of nitrogens with one attached hydrogen (secondary N) is 1. The van der Waals surface area contributed by atoms with Gasteiger partial charge in [0.25, 0.3) is 0 Å². The molecule has 0 saturated heterocycles. The van der Waals surface area contributed by atoms with Gasteiger partial charge in [0.1, 0.15) is 5.75 Å². The van der Waals surface area contributed by atoms with E-state index in [2.05, 4.69) is 35.6 Å². The molecule has 20 heavy (non-hydrogen) atoms. The lowest BCUT2D eigenvalue weighted by Gasteiger charge is -2.37. The minimum atomic E-state index is 0.379. The highest BCUT2D eigenvalue weighted by Crippen LogP contribution is 2.39. The molecule has 0 aromatic heterocycles. The van der Waals surface area contributed by atoms with Crippen LogP contribution in [0.4, 0.5) is 5.69 Å². The van der Waals surface area contributed by atoms with E-state index in [1.54, 1.807) is 0 Å². The first kappa shape index (κ1) is 13.0. The fraction of sp³-hybridized carbons (Fsp3) is 0.333. The van der Waals surface area contributed by atoms with E-state index >= 15 is 0 Å². The SMILES string of the molecule is Cc1cc(NC2CC(c3ccccc3)C2)c(C)cc1O. The minimum Gasteiger partial charge on any atom is -0.508 e. The molecule has 0 heterocycles. The fourth-order valence-corrected chi connectivity index (χ4v) is 2.91. The highest BCUT2D eigenvalue weighted by atomic mass is 16.3. The maximum Gasteiger partial charge on any atom is 0.118 e. The lowest BCUT2D eigenvalue weighted by molar-refractivity contribution is 0.374. The summed E-state index contributed by atoms with van der Waals surface area (Å²) in [6.45, 7) is 3.97. The first-order valence-corrected chi connectivity index (χ1v) is 7.25. The third kappa shape index (κ3) is 2.51. The summed E-state index contributed by atoms with van der Waals surface area (Å²) < 4.78 is 0. The summed E-state index contributed by atoms with van der Waals surface area (Å²) in [5.41, 5.74) is 4.63. The van der Waals surface area contributed by atoms with Gasteiger partial charge < -0.3 is 10.4 Å². The quantitative estimate of drug-likeness (QED) is 0.809. The Bertz CT molecular complexity index is 600. The smallest absolute Gasteiger partial charge is 0.118 e. The predicted octanol–water partition coefficient (Wildman–Crippen LogP) is 4.37. The normalized spacial score (nSPS) is 21.3. The highest BCUT2D eigenvalue weighted by molar-refractivity contribution is 5.57. The van der Waals surface area contributed by atoms with Gasteiger partial charge in [-0.1, -0.05) is 30.3 Å². The molecular formula is C18H21NO. The van der Waals surface area contributed by atoms with Crippen LogP contribution < -0.4 is 5.32 Å². The van der Waals surface area contributed by atoms with Gasteiger partial charge in [-0.15, -0.1) is 0 Å². The second kappa shape index (κ2) is 5.20. The Labute approximate surface area is 120 Å². The van der Waals surface area contributed by atoms with Crippen LogP contribution in [0.15, 0.2) is 42.5 Å². The van der Waals surface area contributed by atoms with Gasteiger partial charge in [-0.2, -0.15) is 0 Å². The third-order valence-electron chi connectivity index (χ3n) is 4.31. The average molecular weight is 267 g/mol. The Kier molecular flexibility index (Phi) is 3.39. The van der Waals surface area contributed by atoms with Crippen LogP contribution in [0.25, 0.3) is 0 Å². The van der Waals surface area contributed by atoms with Crippen molar-refractivity contribution in [3.05, 3.63) is 59.2 Å². The molecule has 2 heteroatoms. The van der Waals surface area contributed by atoms with Crippen molar-refractivity contribution in [3.8, 4) is 5.75 Å². The molecule has 104 valence electrons. The maximum atomic E-state index is 9.69. The van der Waals surface area contributed by atoms with Crippen molar-refractivity contribution in [2.24, 2.45) is 0 Å². The summed E-state index contributed by atoms with van der Waals surface area (Å²) >= 11 is 0. The van der Waals surface area contributed by atoms with E-state index in [1.165, 1.54) is 18.4 Å². The van der Waals surface area contributed by atoms with Crippen LogP contribution in [0.3, 0.4) is 0 Å². The van der Waals surface area contributed by atoms with Crippen molar-refractivity contribution >= 4 is 5.69 Å².